The number of aryl methyl sites for hydroxylation is 1. The summed E-state index contributed by atoms with van der Waals surface area (Å²) in [6.45, 7) is 1.87. The molecule has 0 saturated carbocycles. The van der Waals surface area contributed by atoms with Gasteiger partial charge in [-0.15, -0.1) is 0 Å². The first-order chi connectivity index (χ1) is 13.0. The lowest BCUT2D eigenvalue weighted by Crippen LogP contribution is -2.29. The van der Waals surface area contributed by atoms with Crippen LogP contribution in [0.3, 0.4) is 0 Å². The highest BCUT2D eigenvalue weighted by Gasteiger charge is 2.13. The van der Waals surface area contributed by atoms with Crippen LogP contribution < -0.4 is 10.1 Å². The number of hydrazone groups is 1. The predicted molar refractivity (Wildman–Crippen MR) is 105 cm³/mol. The van der Waals surface area contributed by atoms with E-state index in [-0.39, 0.29) is 23.8 Å². The van der Waals surface area contributed by atoms with Crippen LogP contribution in [0.15, 0.2) is 64.7 Å². The number of amides is 1. The van der Waals surface area contributed by atoms with Crippen molar-refractivity contribution in [2.24, 2.45) is 5.10 Å². The van der Waals surface area contributed by atoms with Crippen LogP contribution in [0.2, 0.25) is 0 Å². The van der Waals surface area contributed by atoms with E-state index in [1.165, 1.54) is 12.1 Å². The SMILES string of the molecule is Cc1ccc(S(=O)(=O)NCCC(=O)N/N=C\c2c[nH]c3ccccc23)cc1. The average Bonchev–Trinajstić information content (AvgIpc) is 3.05. The number of fused-ring (bicyclic) bond motifs is 1. The first kappa shape index (κ1) is 18.8. The van der Waals surface area contributed by atoms with Crippen LogP contribution >= 0.6 is 0 Å². The molecule has 0 radical (unpaired) electrons. The minimum Gasteiger partial charge on any atom is -0.361 e. The quantitative estimate of drug-likeness (QED) is 0.430. The van der Waals surface area contributed by atoms with Crippen molar-refractivity contribution in [1.29, 1.82) is 0 Å². The smallest absolute Gasteiger partial charge is 0.241 e. The minimum absolute atomic E-state index is 0.00928. The number of para-hydroxylation sites is 1. The molecule has 27 heavy (non-hydrogen) atoms. The lowest BCUT2D eigenvalue weighted by atomic mass is 10.2. The van der Waals surface area contributed by atoms with Crippen LogP contribution in [-0.4, -0.2) is 32.1 Å². The first-order valence-electron chi connectivity index (χ1n) is 8.40. The van der Waals surface area contributed by atoms with Gasteiger partial charge in [0.2, 0.25) is 15.9 Å². The fourth-order valence-corrected chi connectivity index (χ4v) is 3.56. The lowest BCUT2D eigenvalue weighted by Gasteiger charge is -2.06. The molecule has 8 heteroatoms. The van der Waals surface area contributed by atoms with Gasteiger partial charge in [-0.2, -0.15) is 5.10 Å². The van der Waals surface area contributed by atoms with Crippen molar-refractivity contribution < 1.29 is 13.2 Å². The van der Waals surface area contributed by atoms with Gasteiger partial charge in [-0.05, 0) is 25.1 Å². The number of nitrogens with zero attached hydrogens (tertiary/aromatic N) is 1. The Balaban J connectivity index is 1.49. The molecule has 1 heterocycles. The van der Waals surface area contributed by atoms with Gasteiger partial charge >= 0.3 is 0 Å². The highest BCUT2D eigenvalue weighted by atomic mass is 32.2. The molecule has 0 spiro atoms. The number of aromatic amines is 1. The fraction of sp³-hybridized carbons (Fsp3) is 0.158. The van der Waals surface area contributed by atoms with Gasteiger partial charge in [-0.1, -0.05) is 35.9 Å². The summed E-state index contributed by atoms with van der Waals surface area (Å²) in [5.74, 6) is -0.377. The van der Waals surface area contributed by atoms with E-state index in [2.05, 4.69) is 20.2 Å². The van der Waals surface area contributed by atoms with E-state index in [9.17, 15) is 13.2 Å². The number of rotatable bonds is 7. The Kier molecular flexibility index (Phi) is 5.68. The van der Waals surface area contributed by atoms with Crippen molar-refractivity contribution in [3.8, 4) is 0 Å². The molecule has 0 aliphatic carbocycles. The number of aromatic nitrogens is 1. The van der Waals surface area contributed by atoms with Gasteiger partial charge in [-0.3, -0.25) is 4.79 Å². The molecule has 3 rings (SSSR count). The van der Waals surface area contributed by atoms with E-state index in [1.807, 2.05) is 31.2 Å². The molecule has 0 aliphatic heterocycles. The molecular formula is C19H20N4O3S. The van der Waals surface area contributed by atoms with Gasteiger partial charge in [0.05, 0.1) is 11.1 Å². The van der Waals surface area contributed by atoms with E-state index < -0.39 is 10.0 Å². The Morgan fingerprint density at radius 2 is 1.89 bits per heavy atom. The second-order valence-corrected chi connectivity index (χ2v) is 7.81. The Morgan fingerprint density at radius 3 is 2.67 bits per heavy atom. The number of hydrogen-bond donors (Lipinski definition) is 3. The van der Waals surface area contributed by atoms with Crippen molar-refractivity contribution in [1.82, 2.24) is 15.1 Å². The van der Waals surface area contributed by atoms with Gasteiger partial charge in [0.15, 0.2) is 0 Å². The van der Waals surface area contributed by atoms with Crippen LogP contribution in [0, 0.1) is 6.92 Å². The summed E-state index contributed by atoms with van der Waals surface area (Å²) >= 11 is 0. The zero-order valence-electron chi connectivity index (χ0n) is 14.8. The molecule has 140 valence electrons. The summed E-state index contributed by atoms with van der Waals surface area (Å²) in [7, 11) is -3.63. The summed E-state index contributed by atoms with van der Waals surface area (Å²) < 4.78 is 26.7. The standard InChI is InChI=1S/C19H20N4O3S/c1-14-6-8-16(9-7-14)27(25,26)22-11-10-19(24)23-21-13-15-12-20-18-5-3-2-4-17(15)18/h2-9,12-13,20,22H,10-11H2,1H3,(H,23,24)/b21-13-. The number of hydrogen-bond acceptors (Lipinski definition) is 4. The van der Waals surface area contributed by atoms with Crippen LogP contribution in [0.5, 0.6) is 0 Å². The Bertz CT molecular complexity index is 1070. The molecule has 0 unspecified atom stereocenters. The summed E-state index contributed by atoms with van der Waals surface area (Å²) in [5, 5.41) is 4.93. The third-order valence-corrected chi connectivity index (χ3v) is 5.47. The third kappa shape index (κ3) is 4.81. The molecule has 1 amide bonds. The van der Waals surface area contributed by atoms with Gasteiger partial charge < -0.3 is 4.98 Å². The normalized spacial score (nSPS) is 11.9. The van der Waals surface area contributed by atoms with Crippen molar-refractivity contribution in [2.75, 3.05) is 6.54 Å². The van der Waals surface area contributed by atoms with Gasteiger partial charge in [0.1, 0.15) is 0 Å². The topological polar surface area (TPSA) is 103 Å². The second-order valence-electron chi connectivity index (χ2n) is 6.04. The largest absolute Gasteiger partial charge is 0.361 e. The highest BCUT2D eigenvalue weighted by molar-refractivity contribution is 7.89. The molecule has 3 N–H and O–H groups in total. The highest BCUT2D eigenvalue weighted by Crippen LogP contribution is 2.15. The fourth-order valence-electron chi connectivity index (χ4n) is 2.53. The maximum atomic E-state index is 12.1. The average molecular weight is 384 g/mol. The maximum absolute atomic E-state index is 12.1. The Morgan fingerprint density at radius 1 is 1.15 bits per heavy atom. The number of carbonyl (C=O) groups is 1. The van der Waals surface area contributed by atoms with Crippen molar-refractivity contribution in [3.63, 3.8) is 0 Å². The van der Waals surface area contributed by atoms with Gasteiger partial charge in [0, 0.05) is 35.6 Å². The van der Waals surface area contributed by atoms with Crippen LogP contribution in [0.4, 0.5) is 0 Å². The zero-order valence-corrected chi connectivity index (χ0v) is 15.6. The van der Waals surface area contributed by atoms with Crippen molar-refractivity contribution in [2.45, 2.75) is 18.2 Å². The van der Waals surface area contributed by atoms with E-state index >= 15 is 0 Å². The summed E-state index contributed by atoms with van der Waals surface area (Å²) in [5.41, 5.74) is 5.21. The van der Waals surface area contributed by atoms with Crippen LogP contribution in [0.25, 0.3) is 10.9 Å². The lowest BCUT2D eigenvalue weighted by molar-refractivity contribution is -0.120. The molecule has 0 bridgehead atoms. The molecule has 0 fully saturated rings. The Labute approximate surface area is 157 Å². The van der Waals surface area contributed by atoms with Crippen LogP contribution in [-0.2, 0) is 14.8 Å². The molecular weight excluding hydrogens is 364 g/mol. The summed E-state index contributed by atoms with van der Waals surface area (Å²) in [6.07, 6.45) is 3.33. The molecule has 2 aromatic carbocycles. The summed E-state index contributed by atoms with van der Waals surface area (Å²) in [4.78, 5) is 15.1. The van der Waals surface area contributed by atoms with Gasteiger partial charge in [-0.25, -0.2) is 18.6 Å². The van der Waals surface area contributed by atoms with E-state index in [4.69, 9.17) is 0 Å². The molecule has 0 saturated heterocycles. The molecule has 7 nitrogen and oxygen atoms in total. The molecule has 0 aliphatic rings. The third-order valence-electron chi connectivity index (χ3n) is 3.99. The van der Waals surface area contributed by atoms with E-state index in [0.717, 1.165) is 22.0 Å². The number of nitrogens with one attached hydrogen (secondary N) is 3. The monoisotopic (exact) mass is 384 g/mol. The van der Waals surface area contributed by atoms with E-state index in [0.29, 0.717) is 0 Å². The number of sulfonamides is 1. The predicted octanol–water partition coefficient (Wildman–Crippen LogP) is 2.30. The van der Waals surface area contributed by atoms with Gasteiger partial charge in [0.25, 0.3) is 0 Å². The molecule has 3 aromatic rings. The second kappa shape index (κ2) is 8.15. The van der Waals surface area contributed by atoms with Crippen LogP contribution in [0.1, 0.15) is 17.5 Å². The number of H-pyrrole nitrogens is 1. The Hall–Kier alpha value is -2.97. The van der Waals surface area contributed by atoms with Crippen molar-refractivity contribution in [3.05, 3.63) is 65.9 Å². The first-order valence-corrected chi connectivity index (χ1v) is 9.88. The number of carbonyl (C=O) groups excluding carboxylic acids is 1. The van der Waals surface area contributed by atoms with E-state index in [1.54, 1.807) is 24.5 Å². The van der Waals surface area contributed by atoms with Crippen molar-refractivity contribution >= 4 is 33.0 Å². The molecule has 1 aromatic heterocycles. The summed E-state index contributed by atoms with van der Waals surface area (Å²) in [6, 6.07) is 14.3. The minimum atomic E-state index is -3.63. The maximum Gasteiger partial charge on any atom is 0.241 e. The molecule has 0 atom stereocenters. The number of benzene rings is 2. The zero-order chi connectivity index (χ0) is 19.3.